The van der Waals surface area contributed by atoms with Gasteiger partial charge in [-0.1, -0.05) is 60.6 Å². The van der Waals surface area contributed by atoms with Crippen LogP contribution < -0.4 is 4.57 Å². The first kappa shape index (κ1) is 18.7. The molecule has 1 heteroatoms. The lowest BCUT2D eigenvalue weighted by Gasteiger charge is -2.29. The third-order valence-corrected chi connectivity index (χ3v) is 5.72. The van der Waals surface area contributed by atoms with Gasteiger partial charge in [-0.2, -0.15) is 0 Å². The van der Waals surface area contributed by atoms with Gasteiger partial charge in [0.05, 0.1) is 0 Å². The molecule has 0 aliphatic carbocycles. The molecular weight excluding hydrogens is 290 g/mol. The predicted octanol–water partition coefficient (Wildman–Crippen LogP) is 5.72. The summed E-state index contributed by atoms with van der Waals surface area (Å²) < 4.78 is 2.24. The normalized spacial score (nSPS) is 12.8. The van der Waals surface area contributed by atoms with Crippen molar-refractivity contribution in [1.82, 2.24) is 0 Å². The number of hydrogen-bond donors (Lipinski definition) is 0. The van der Waals surface area contributed by atoms with Crippen LogP contribution in [0.4, 0.5) is 0 Å². The van der Waals surface area contributed by atoms with E-state index in [1.807, 2.05) is 0 Å². The van der Waals surface area contributed by atoms with Crippen molar-refractivity contribution in [2.24, 2.45) is 13.0 Å². The van der Waals surface area contributed by atoms with Gasteiger partial charge in [0, 0.05) is 17.7 Å². The molecule has 0 saturated heterocycles. The Morgan fingerprint density at radius 2 is 1.50 bits per heavy atom. The number of benzene rings is 1. The van der Waals surface area contributed by atoms with Gasteiger partial charge in [-0.25, -0.2) is 4.57 Å². The van der Waals surface area contributed by atoms with Gasteiger partial charge in [-0.05, 0) is 46.4 Å². The Labute approximate surface area is 148 Å². The molecule has 0 radical (unpaired) electrons. The van der Waals surface area contributed by atoms with Crippen molar-refractivity contribution in [3.8, 4) is 11.3 Å². The molecule has 2 aromatic rings. The highest BCUT2D eigenvalue weighted by Crippen LogP contribution is 2.34. The molecule has 0 unspecified atom stereocenters. The van der Waals surface area contributed by atoms with E-state index in [1.54, 1.807) is 0 Å². The van der Waals surface area contributed by atoms with Crippen molar-refractivity contribution < 1.29 is 4.57 Å². The zero-order valence-corrected chi connectivity index (χ0v) is 17.0. The highest BCUT2D eigenvalue weighted by Gasteiger charge is 2.27. The minimum atomic E-state index is 0.163. The maximum Gasteiger partial charge on any atom is 0.212 e. The van der Waals surface area contributed by atoms with Gasteiger partial charge in [-0.3, -0.25) is 0 Å². The van der Waals surface area contributed by atoms with Crippen LogP contribution in [0.1, 0.15) is 65.2 Å². The van der Waals surface area contributed by atoms with Crippen molar-refractivity contribution >= 4 is 0 Å². The minimum absolute atomic E-state index is 0.163. The van der Waals surface area contributed by atoms with Crippen molar-refractivity contribution in [2.45, 2.75) is 66.2 Å². The lowest BCUT2D eigenvalue weighted by Crippen LogP contribution is -2.33. The van der Waals surface area contributed by atoms with Crippen molar-refractivity contribution in [1.29, 1.82) is 0 Å². The maximum absolute atomic E-state index is 2.38. The second kappa shape index (κ2) is 6.35. The SMILES string of the molecule is Cc1ccc(C(C)(C)C)cc1-c1cc(C(C)(C)C(C)C)cc[n+]1C. The molecular formula is C23H34N+. The first-order valence-corrected chi connectivity index (χ1v) is 9.06. The predicted molar refractivity (Wildman–Crippen MR) is 104 cm³/mol. The molecule has 1 aromatic heterocycles. The Morgan fingerprint density at radius 1 is 0.875 bits per heavy atom. The summed E-state index contributed by atoms with van der Waals surface area (Å²) in [5.41, 5.74) is 7.09. The highest BCUT2D eigenvalue weighted by atomic mass is 14.9. The van der Waals surface area contributed by atoms with Gasteiger partial charge in [0.2, 0.25) is 5.69 Å². The number of hydrogen-bond acceptors (Lipinski definition) is 0. The van der Waals surface area contributed by atoms with E-state index in [9.17, 15) is 0 Å². The molecule has 24 heavy (non-hydrogen) atoms. The standard InChI is InChI=1S/C23H34N/c1-16(2)23(7,8)19-12-13-24(9)21(15-19)20-14-18(22(4,5)6)11-10-17(20)3/h10-16H,1-9H3/q+1. The largest absolute Gasteiger partial charge is 0.212 e. The molecule has 0 fully saturated rings. The lowest BCUT2D eigenvalue weighted by atomic mass is 9.75. The molecule has 1 heterocycles. The first-order chi connectivity index (χ1) is 10.9. The second-order valence-corrected chi connectivity index (χ2v) is 9.07. The van der Waals surface area contributed by atoms with Gasteiger partial charge in [0.1, 0.15) is 7.05 Å². The molecule has 0 atom stereocenters. The number of aromatic nitrogens is 1. The second-order valence-electron chi connectivity index (χ2n) is 9.07. The fraction of sp³-hybridized carbons (Fsp3) is 0.522. The van der Waals surface area contributed by atoms with Gasteiger partial charge in [0.15, 0.2) is 6.20 Å². The number of rotatable bonds is 3. The average molecular weight is 325 g/mol. The molecule has 0 aliphatic heterocycles. The zero-order chi connectivity index (χ0) is 18.3. The third kappa shape index (κ3) is 3.55. The summed E-state index contributed by atoms with van der Waals surface area (Å²) in [7, 11) is 2.14. The van der Waals surface area contributed by atoms with Crippen LogP contribution in [0.2, 0.25) is 0 Å². The Balaban J connectivity index is 2.65. The molecule has 1 nitrogen and oxygen atoms in total. The van der Waals surface area contributed by atoms with Crippen LogP contribution in [-0.4, -0.2) is 0 Å². The molecule has 2 rings (SSSR count). The minimum Gasteiger partial charge on any atom is -0.201 e. The highest BCUT2D eigenvalue weighted by molar-refractivity contribution is 5.63. The van der Waals surface area contributed by atoms with Crippen LogP contribution in [0.3, 0.4) is 0 Å². The maximum atomic E-state index is 2.38. The van der Waals surface area contributed by atoms with Crippen LogP contribution in [-0.2, 0) is 17.9 Å². The van der Waals surface area contributed by atoms with Crippen molar-refractivity contribution in [3.05, 3.63) is 53.2 Å². The van der Waals surface area contributed by atoms with Crippen LogP contribution in [0.15, 0.2) is 36.5 Å². The van der Waals surface area contributed by atoms with Crippen LogP contribution >= 0.6 is 0 Å². The topological polar surface area (TPSA) is 3.88 Å². The molecule has 130 valence electrons. The molecule has 0 N–H and O–H groups in total. The Bertz CT molecular complexity index is 730. The van der Waals surface area contributed by atoms with E-state index in [4.69, 9.17) is 0 Å². The summed E-state index contributed by atoms with van der Waals surface area (Å²) in [4.78, 5) is 0. The molecule has 0 saturated carbocycles. The smallest absolute Gasteiger partial charge is 0.201 e. The Kier molecular flexibility index (Phi) is 4.95. The number of aryl methyl sites for hydroxylation is 2. The summed E-state index contributed by atoms with van der Waals surface area (Å²) in [5.74, 6) is 0.597. The Hall–Kier alpha value is -1.63. The van der Waals surface area contributed by atoms with E-state index in [0.29, 0.717) is 5.92 Å². The van der Waals surface area contributed by atoms with Crippen LogP contribution in [0, 0.1) is 12.8 Å². The van der Waals surface area contributed by atoms with Gasteiger partial charge < -0.3 is 0 Å². The van der Waals surface area contributed by atoms with Crippen molar-refractivity contribution in [3.63, 3.8) is 0 Å². The van der Waals surface area contributed by atoms with Crippen molar-refractivity contribution in [2.75, 3.05) is 0 Å². The number of nitrogens with zero attached hydrogens (tertiary/aromatic N) is 1. The zero-order valence-electron chi connectivity index (χ0n) is 17.0. The van der Waals surface area contributed by atoms with E-state index < -0.39 is 0 Å². The average Bonchev–Trinajstić information content (AvgIpc) is 2.47. The molecule has 0 aliphatic rings. The summed E-state index contributed by atoms with van der Waals surface area (Å²) in [6, 6.07) is 11.6. The summed E-state index contributed by atoms with van der Waals surface area (Å²) >= 11 is 0. The number of pyridine rings is 1. The molecule has 0 spiro atoms. The van der Waals surface area contributed by atoms with E-state index in [0.717, 1.165) is 0 Å². The third-order valence-electron chi connectivity index (χ3n) is 5.72. The van der Waals surface area contributed by atoms with Gasteiger partial charge >= 0.3 is 0 Å². The fourth-order valence-corrected chi connectivity index (χ4v) is 2.94. The fourth-order valence-electron chi connectivity index (χ4n) is 2.94. The quantitative estimate of drug-likeness (QED) is 0.636. The molecule has 0 bridgehead atoms. The van der Waals surface area contributed by atoms with E-state index in [1.165, 1.54) is 27.9 Å². The van der Waals surface area contributed by atoms with Crippen LogP contribution in [0.5, 0.6) is 0 Å². The Morgan fingerprint density at radius 3 is 2.04 bits per heavy atom. The van der Waals surface area contributed by atoms with Gasteiger partial charge in [-0.15, -0.1) is 0 Å². The van der Waals surface area contributed by atoms with E-state index in [2.05, 4.69) is 104 Å². The summed E-state index contributed by atoms with van der Waals surface area (Å²) in [6.45, 7) is 18.3. The van der Waals surface area contributed by atoms with E-state index >= 15 is 0 Å². The molecule has 1 aromatic carbocycles. The lowest BCUT2D eigenvalue weighted by molar-refractivity contribution is -0.660. The van der Waals surface area contributed by atoms with Crippen LogP contribution in [0.25, 0.3) is 11.3 Å². The first-order valence-electron chi connectivity index (χ1n) is 9.06. The van der Waals surface area contributed by atoms with E-state index in [-0.39, 0.29) is 10.8 Å². The summed E-state index contributed by atoms with van der Waals surface area (Å²) in [6.07, 6.45) is 2.21. The molecule has 0 amide bonds. The summed E-state index contributed by atoms with van der Waals surface area (Å²) in [5, 5.41) is 0. The van der Waals surface area contributed by atoms with Gasteiger partial charge in [0.25, 0.3) is 0 Å². The monoisotopic (exact) mass is 324 g/mol.